The van der Waals surface area contributed by atoms with Gasteiger partial charge in [-0.25, -0.2) is 13.2 Å². The number of sulfonamides is 1. The van der Waals surface area contributed by atoms with Crippen LogP contribution in [0.3, 0.4) is 0 Å². The predicted octanol–water partition coefficient (Wildman–Crippen LogP) is 4.15. The van der Waals surface area contributed by atoms with Gasteiger partial charge in [0.1, 0.15) is 0 Å². The van der Waals surface area contributed by atoms with E-state index in [0.29, 0.717) is 5.69 Å². The summed E-state index contributed by atoms with van der Waals surface area (Å²) in [6.07, 6.45) is 0. The molecule has 1 heterocycles. The standard InChI is InChI=1S/C19H17NO4S2/c1-14-4-10-18(11-5-14)26(23,24)20(13-17-3-2-12-25-17)16-8-6-15(7-9-16)19(21)22/h2-12H,13H2,1H3,(H,21,22). The zero-order valence-corrected chi connectivity index (χ0v) is 15.6. The Bertz CT molecular complexity index is 993. The van der Waals surface area contributed by atoms with Crippen LogP contribution in [0.5, 0.6) is 0 Å². The molecule has 5 nitrogen and oxygen atoms in total. The highest BCUT2D eigenvalue weighted by molar-refractivity contribution is 7.92. The van der Waals surface area contributed by atoms with Gasteiger partial charge in [0.15, 0.2) is 0 Å². The number of hydrogen-bond acceptors (Lipinski definition) is 4. The molecule has 1 N–H and O–H groups in total. The van der Waals surface area contributed by atoms with Crippen molar-refractivity contribution in [1.82, 2.24) is 0 Å². The largest absolute Gasteiger partial charge is 0.478 e. The number of hydrogen-bond donors (Lipinski definition) is 1. The molecule has 0 aliphatic carbocycles. The van der Waals surface area contributed by atoms with Gasteiger partial charge in [-0.3, -0.25) is 4.31 Å². The van der Waals surface area contributed by atoms with Crippen molar-refractivity contribution in [3.63, 3.8) is 0 Å². The SMILES string of the molecule is Cc1ccc(S(=O)(=O)N(Cc2cccs2)c2ccc(C(=O)O)cc2)cc1. The molecule has 1 aromatic heterocycles. The zero-order valence-electron chi connectivity index (χ0n) is 14.0. The van der Waals surface area contributed by atoms with Gasteiger partial charge < -0.3 is 5.11 Å². The van der Waals surface area contributed by atoms with Crippen LogP contribution in [0.2, 0.25) is 0 Å². The van der Waals surface area contributed by atoms with Gasteiger partial charge in [-0.15, -0.1) is 11.3 Å². The molecule has 3 rings (SSSR count). The van der Waals surface area contributed by atoms with Gasteiger partial charge >= 0.3 is 5.97 Å². The van der Waals surface area contributed by atoms with Crippen molar-refractivity contribution >= 4 is 33.0 Å². The Morgan fingerprint density at radius 2 is 1.69 bits per heavy atom. The molecule has 0 radical (unpaired) electrons. The first-order chi connectivity index (χ1) is 12.4. The lowest BCUT2D eigenvalue weighted by atomic mass is 10.2. The summed E-state index contributed by atoms with van der Waals surface area (Å²) in [6.45, 7) is 2.07. The number of benzene rings is 2. The van der Waals surface area contributed by atoms with Crippen LogP contribution >= 0.6 is 11.3 Å². The van der Waals surface area contributed by atoms with Crippen molar-refractivity contribution < 1.29 is 18.3 Å². The molecule has 0 aliphatic heterocycles. The van der Waals surface area contributed by atoms with Gasteiger partial charge in [0.25, 0.3) is 10.0 Å². The summed E-state index contributed by atoms with van der Waals surface area (Å²) in [6, 6.07) is 16.3. The number of aromatic carboxylic acids is 1. The Balaban J connectivity index is 2.05. The van der Waals surface area contributed by atoms with E-state index in [0.717, 1.165) is 10.4 Å². The average Bonchev–Trinajstić information content (AvgIpc) is 3.13. The van der Waals surface area contributed by atoms with Crippen molar-refractivity contribution in [1.29, 1.82) is 0 Å². The van der Waals surface area contributed by atoms with Crippen LogP contribution in [0, 0.1) is 6.92 Å². The van der Waals surface area contributed by atoms with Gasteiger partial charge in [0, 0.05) is 4.88 Å². The summed E-state index contributed by atoms with van der Waals surface area (Å²) in [5.74, 6) is -1.05. The van der Waals surface area contributed by atoms with Crippen LogP contribution in [0.1, 0.15) is 20.8 Å². The van der Waals surface area contributed by atoms with Gasteiger partial charge in [-0.2, -0.15) is 0 Å². The maximum absolute atomic E-state index is 13.2. The van der Waals surface area contributed by atoms with Crippen molar-refractivity contribution in [3.05, 3.63) is 82.0 Å². The number of aryl methyl sites for hydroxylation is 1. The van der Waals surface area contributed by atoms with Crippen LogP contribution < -0.4 is 4.31 Å². The summed E-state index contributed by atoms with van der Waals surface area (Å²) < 4.78 is 27.7. The summed E-state index contributed by atoms with van der Waals surface area (Å²) >= 11 is 1.47. The first-order valence-electron chi connectivity index (χ1n) is 7.83. The molecular formula is C19H17NO4S2. The monoisotopic (exact) mass is 387 g/mol. The molecule has 26 heavy (non-hydrogen) atoms. The Kier molecular flexibility index (Phi) is 5.11. The normalized spacial score (nSPS) is 11.3. The number of rotatable bonds is 6. The third-order valence-electron chi connectivity index (χ3n) is 3.89. The molecule has 7 heteroatoms. The van der Waals surface area contributed by atoms with E-state index < -0.39 is 16.0 Å². The second-order valence-corrected chi connectivity index (χ2v) is 8.65. The number of carbonyl (C=O) groups is 1. The van der Waals surface area contributed by atoms with Crippen molar-refractivity contribution in [2.75, 3.05) is 4.31 Å². The van der Waals surface area contributed by atoms with Crippen LogP contribution in [0.15, 0.2) is 70.9 Å². The van der Waals surface area contributed by atoms with Gasteiger partial charge in [0.2, 0.25) is 0 Å². The molecule has 0 atom stereocenters. The summed E-state index contributed by atoms with van der Waals surface area (Å²) in [5, 5.41) is 10.9. The van der Waals surface area contributed by atoms with Crippen molar-refractivity contribution in [3.8, 4) is 0 Å². The highest BCUT2D eigenvalue weighted by Crippen LogP contribution is 2.27. The average molecular weight is 387 g/mol. The van der Waals surface area contributed by atoms with Crippen LogP contribution in [0.4, 0.5) is 5.69 Å². The molecule has 134 valence electrons. The van der Waals surface area contributed by atoms with Crippen LogP contribution in [0.25, 0.3) is 0 Å². The van der Waals surface area contributed by atoms with E-state index in [1.807, 2.05) is 24.4 Å². The fourth-order valence-corrected chi connectivity index (χ4v) is 4.68. The molecule has 2 aromatic carbocycles. The van der Waals surface area contributed by atoms with E-state index in [4.69, 9.17) is 5.11 Å². The van der Waals surface area contributed by atoms with Gasteiger partial charge in [-0.1, -0.05) is 23.8 Å². The summed E-state index contributed by atoms with van der Waals surface area (Å²) in [5.41, 5.74) is 1.50. The number of nitrogens with zero attached hydrogens (tertiary/aromatic N) is 1. The van der Waals surface area contributed by atoms with E-state index in [9.17, 15) is 13.2 Å². The fourth-order valence-electron chi connectivity index (χ4n) is 2.47. The predicted molar refractivity (Wildman–Crippen MR) is 102 cm³/mol. The Hall–Kier alpha value is -2.64. The second kappa shape index (κ2) is 7.31. The molecular weight excluding hydrogens is 370 g/mol. The fraction of sp³-hybridized carbons (Fsp3) is 0.105. The quantitative estimate of drug-likeness (QED) is 0.689. The molecule has 0 spiro atoms. The number of thiophene rings is 1. The molecule has 0 amide bonds. The van der Waals surface area contributed by atoms with E-state index in [1.54, 1.807) is 24.3 Å². The zero-order chi connectivity index (χ0) is 18.7. The first kappa shape index (κ1) is 18.2. The third-order valence-corrected chi connectivity index (χ3v) is 6.54. The molecule has 0 aliphatic rings. The van der Waals surface area contributed by atoms with Crippen molar-refractivity contribution in [2.45, 2.75) is 18.4 Å². The third kappa shape index (κ3) is 3.79. The summed E-state index contributed by atoms with van der Waals surface area (Å²) in [4.78, 5) is 12.1. The number of carboxylic acid groups (broad SMARTS) is 1. The second-order valence-electron chi connectivity index (χ2n) is 5.76. The number of anilines is 1. The topological polar surface area (TPSA) is 74.7 Å². The van der Waals surface area contributed by atoms with Gasteiger partial charge in [0.05, 0.1) is 22.7 Å². The van der Waals surface area contributed by atoms with E-state index in [-0.39, 0.29) is 17.0 Å². The smallest absolute Gasteiger partial charge is 0.335 e. The van der Waals surface area contributed by atoms with Crippen molar-refractivity contribution in [2.24, 2.45) is 0 Å². The van der Waals surface area contributed by atoms with E-state index >= 15 is 0 Å². The molecule has 0 fully saturated rings. The minimum atomic E-state index is -3.79. The molecule has 0 saturated heterocycles. The first-order valence-corrected chi connectivity index (χ1v) is 10.1. The van der Waals surface area contributed by atoms with Crippen LogP contribution in [-0.2, 0) is 16.6 Å². The maximum Gasteiger partial charge on any atom is 0.335 e. The number of carboxylic acids is 1. The minimum Gasteiger partial charge on any atom is -0.478 e. The van der Waals surface area contributed by atoms with Crippen LogP contribution in [-0.4, -0.2) is 19.5 Å². The molecule has 0 bridgehead atoms. The highest BCUT2D eigenvalue weighted by atomic mass is 32.2. The molecule has 0 saturated carbocycles. The maximum atomic E-state index is 13.2. The minimum absolute atomic E-state index is 0.109. The lowest BCUT2D eigenvalue weighted by molar-refractivity contribution is 0.0697. The summed E-state index contributed by atoms with van der Waals surface area (Å²) in [7, 11) is -3.79. The van der Waals surface area contributed by atoms with Gasteiger partial charge in [-0.05, 0) is 54.8 Å². The lowest BCUT2D eigenvalue weighted by Crippen LogP contribution is -2.30. The Labute approximate surface area is 156 Å². The lowest BCUT2D eigenvalue weighted by Gasteiger charge is -2.24. The Morgan fingerprint density at radius 3 is 2.23 bits per heavy atom. The van der Waals surface area contributed by atoms with E-state index in [1.165, 1.54) is 39.9 Å². The molecule has 3 aromatic rings. The highest BCUT2D eigenvalue weighted by Gasteiger charge is 2.25. The Morgan fingerprint density at radius 1 is 1.04 bits per heavy atom. The van der Waals surface area contributed by atoms with E-state index in [2.05, 4.69) is 0 Å². The molecule has 0 unspecified atom stereocenters.